The van der Waals surface area contributed by atoms with E-state index in [0.717, 1.165) is 12.8 Å². The zero-order valence-electron chi connectivity index (χ0n) is 8.98. The third-order valence-electron chi connectivity index (χ3n) is 3.05. The van der Waals surface area contributed by atoms with Crippen LogP contribution in [0.4, 0.5) is 0 Å². The van der Waals surface area contributed by atoms with Gasteiger partial charge < -0.3 is 11.1 Å². The summed E-state index contributed by atoms with van der Waals surface area (Å²) in [6, 6.07) is 0.341. The molecule has 1 amide bonds. The first kappa shape index (κ1) is 10.5. The van der Waals surface area contributed by atoms with Gasteiger partial charge in [0.05, 0.1) is 5.54 Å². The molecule has 1 aliphatic carbocycles. The summed E-state index contributed by atoms with van der Waals surface area (Å²) in [7, 11) is 0. The average molecular weight is 184 g/mol. The molecule has 2 unspecified atom stereocenters. The maximum absolute atomic E-state index is 11.5. The molecule has 76 valence electrons. The first-order chi connectivity index (χ1) is 5.79. The predicted octanol–water partition coefficient (Wildman–Crippen LogP) is 1.03. The number of hydrogen-bond acceptors (Lipinski definition) is 2. The normalized spacial score (nSPS) is 32.8. The Hall–Kier alpha value is -0.570. The van der Waals surface area contributed by atoms with Crippen LogP contribution in [0.3, 0.4) is 0 Å². The fourth-order valence-electron chi connectivity index (χ4n) is 1.37. The highest BCUT2D eigenvalue weighted by atomic mass is 16.2. The minimum absolute atomic E-state index is 0.0466. The lowest BCUT2D eigenvalue weighted by Gasteiger charge is -2.19. The van der Waals surface area contributed by atoms with Crippen LogP contribution in [0, 0.1) is 5.41 Å². The largest absolute Gasteiger partial charge is 0.351 e. The molecule has 0 saturated heterocycles. The lowest BCUT2D eigenvalue weighted by Crippen LogP contribution is -2.50. The summed E-state index contributed by atoms with van der Waals surface area (Å²) in [5.74, 6) is -0.0466. The summed E-state index contributed by atoms with van der Waals surface area (Å²) in [4.78, 5) is 11.5. The van der Waals surface area contributed by atoms with Gasteiger partial charge in [-0.05, 0) is 32.1 Å². The quantitative estimate of drug-likeness (QED) is 0.688. The molecule has 1 fully saturated rings. The van der Waals surface area contributed by atoms with Crippen LogP contribution in [0.1, 0.15) is 40.5 Å². The molecule has 3 N–H and O–H groups in total. The van der Waals surface area contributed by atoms with Gasteiger partial charge in [0.2, 0.25) is 5.91 Å². The van der Waals surface area contributed by atoms with Crippen LogP contribution in [0.15, 0.2) is 0 Å². The number of nitrogens with two attached hydrogens (primary N) is 1. The van der Waals surface area contributed by atoms with Gasteiger partial charge in [0.1, 0.15) is 0 Å². The predicted molar refractivity (Wildman–Crippen MR) is 53.2 cm³/mol. The van der Waals surface area contributed by atoms with Crippen molar-refractivity contribution in [3.8, 4) is 0 Å². The van der Waals surface area contributed by atoms with Crippen LogP contribution in [0.5, 0.6) is 0 Å². The first-order valence-electron chi connectivity index (χ1n) is 4.89. The number of carbonyl (C=O) groups excluding carboxylic acids is 1. The summed E-state index contributed by atoms with van der Waals surface area (Å²) in [6.45, 7) is 7.81. The van der Waals surface area contributed by atoms with E-state index in [1.54, 1.807) is 13.8 Å². The Morgan fingerprint density at radius 3 is 2.54 bits per heavy atom. The standard InChI is InChI=1S/C10H20N2O/c1-5-10(4)6-7(10)12-8(13)9(2,3)11/h7H,5-6,11H2,1-4H3,(H,12,13). The molecule has 0 aromatic heterocycles. The molecule has 1 saturated carbocycles. The summed E-state index contributed by atoms with van der Waals surface area (Å²) in [5.41, 5.74) is 5.24. The van der Waals surface area contributed by atoms with Gasteiger partial charge in [-0.2, -0.15) is 0 Å². The molecule has 0 heterocycles. The second-order valence-corrected chi connectivity index (χ2v) is 4.96. The summed E-state index contributed by atoms with van der Waals surface area (Å²) in [6.07, 6.45) is 2.20. The van der Waals surface area contributed by atoms with Crippen molar-refractivity contribution in [3.63, 3.8) is 0 Å². The minimum Gasteiger partial charge on any atom is -0.351 e. The van der Waals surface area contributed by atoms with E-state index in [-0.39, 0.29) is 5.91 Å². The van der Waals surface area contributed by atoms with Crippen LogP contribution in [0.25, 0.3) is 0 Å². The van der Waals surface area contributed by atoms with Gasteiger partial charge in [0.15, 0.2) is 0 Å². The lowest BCUT2D eigenvalue weighted by molar-refractivity contribution is -0.125. The lowest BCUT2D eigenvalue weighted by atomic mass is 10.0. The summed E-state index contributed by atoms with van der Waals surface area (Å²) < 4.78 is 0. The van der Waals surface area contributed by atoms with Gasteiger partial charge >= 0.3 is 0 Å². The highest BCUT2D eigenvalue weighted by molar-refractivity contribution is 5.85. The van der Waals surface area contributed by atoms with E-state index in [9.17, 15) is 4.79 Å². The Balaban J connectivity index is 2.41. The zero-order chi connectivity index (χ0) is 10.3. The number of rotatable bonds is 3. The molecule has 0 radical (unpaired) electrons. The third kappa shape index (κ3) is 2.21. The van der Waals surface area contributed by atoms with Gasteiger partial charge in [-0.15, -0.1) is 0 Å². The van der Waals surface area contributed by atoms with Gasteiger partial charge in [0, 0.05) is 6.04 Å². The molecule has 3 nitrogen and oxygen atoms in total. The molecule has 2 atom stereocenters. The van der Waals surface area contributed by atoms with Gasteiger partial charge in [-0.3, -0.25) is 4.79 Å². The second kappa shape index (κ2) is 2.98. The van der Waals surface area contributed by atoms with Crippen LogP contribution >= 0.6 is 0 Å². The highest BCUT2D eigenvalue weighted by Gasteiger charge is 2.49. The molecule has 0 aliphatic heterocycles. The van der Waals surface area contributed by atoms with Crippen molar-refractivity contribution in [2.24, 2.45) is 11.1 Å². The SMILES string of the molecule is CCC1(C)CC1NC(=O)C(C)(C)N. The maximum Gasteiger partial charge on any atom is 0.239 e. The topological polar surface area (TPSA) is 55.1 Å². The molecule has 13 heavy (non-hydrogen) atoms. The van der Waals surface area contributed by atoms with Crippen LogP contribution in [0.2, 0.25) is 0 Å². The Labute approximate surface area is 80.1 Å². The summed E-state index contributed by atoms with van der Waals surface area (Å²) in [5, 5.41) is 2.97. The average Bonchev–Trinajstić information content (AvgIpc) is 2.61. The number of carbonyl (C=O) groups is 1. The van der Waals surface area contributed by atoms with E-state index in [1.807, 2.05) is 0 Å². The van der Waals surface area contributed by atoms with Crippen molar-refractivity contribution >= 4 is 5.91 Å². The van der Waals surface area contributed by atoms with E-state index in [2.05, 4.69) is 19.2 Å². The van der Waals surface area contributed by atoms with Crippen molar-refractivity contribution in [2.75, 3.05) is 0 Å². The second-order valence-electron chi connectivity index (χ2n) is 4.96. The molecule has 3 heteroatoms. The van der Waals surface area contributed by atoms with Gasteiger partial charge in [-0.1, -0.05) is 13.8 Å². The van der Waals surface area contributed by atoms with E-state index >= 15 is 0 Å². The minimum atomic E-state index is -0.753. The van der Waals surface area contributed by atoms with Gasteiger partial charge in [0.25, 0.3) is 0 Å². The molecule has 1 aliphatic rings. The smallest absolute Gasteiger partial charge is 0.239 e. The van der Waals surface area contributed by atoms with Crippen molar-refractivity contribution in [1.82, 2.24) is 5.32 Å². The molecule has 0 spiro atoms. The molecule has 0 aromatic rings. The van der Waals surface area contributed by atoms with E-state index in [4.69, 9.17) is 5.73 Å². The first-order valence-corrected chi connectivity index (χ1v) is 4.89. The van der Waals surface area contributed by atoms with Crippen molar-refractivity contribution < 1.29 is 4.79 Å². The third-order valence-corrected chi connectivity index (χ3v) is 3.05. The van der Waals surface area contributed by atoms with Crippen LogP contribution in [-0.4, -0.2) is 17.5 Å². The fourth-order valence-corrected chi connectivity index (χ4v) is 1.37. The van der Waals surface area contributed by atoms with Crippen LogP contribution in [-0.2, 0) is 4.79 Å². The van der Waals surface area contributed by atoms with E-state index in [0.29, 0.717) is 11.5 Å². The molecular weight excluding hydrogens is 164 g/mol. The molecule has 0 bridgehead atoms. The number of hydrogen-bond donors (Lipinski definition) is 2. The molecule has 0 aromatic carbocycles. The zero-order valence-corrected chi connectivity index (χ0v) is 8.98. The van der Waals surface area contributed by atoms with E-state index in [1.165, 1.54) is 0 Å². The number of amides is 1. The highest BCUT2D eigenvalue weighted by Crippen LogP contribution is 2.48. The molecule has 1 rings (SSSR count). The van der Waals surface area contributed by atoms with E-state index < -0.39 is 5.54 Å². The molecular formula is C10H20N2O. The van der Waals surface area contributed by atoms with Crippen LogP contribution < -0.4 is 11.1 Å². The number of nitrogens with one attached hydrogen (secondary N) is 1. The van der Waals surface area contributed by atoms with Gasteiger partial charge in [-0.25, -0.2) is 0 Å². The Kier molecular flexibility index (Phi) is 2.41. The van der Waals surface area contributed by atoms with Crippen molar-refractivity contribution in [3.05, 3.63) is 0 Å². The monoisotopic (exact) mass is 184 g/mol. The van der Waals surface area contributed by atoms with Crippen molar-refractivity contribution in [1.29, 1.82) is 0 Å². The maximum atomic E-state index is 11.5. The fraction of sp³-hybridized carbons (Fsp3) is 0.900. The van der Waals surface area contributed by atoms with Crippen molar-refractivity contribution in [2.45, 2.75) is 52.1 Å². The Bertz CT molecular complexity index is 219. The Morgan fingerprint density at radius 1 is 1.69 bits per heavy atom. The summed E-state index contributed by atoms with van der Waals surface area (Å²) >= 11 is 0. The Morgan fingerprint density at radius 2 is 2.23 bits per heavy atom.